The molecular formula is C42H55ClN4O6S. The Labute approximate surface area is 325 Å². The first-order valence-electron chi connectivity index (χ1n) is 19.7. The second kappa shape index (κ2) is 14.8. The number of aryl methyl sites for hydroxylation is 1. The van der Waals surface area contributed by atoms with Crippen LogP contribution in [0.15, 0.2) is 48.6 Å². The van der Waals surface area contributed by atoms with Gasteiger partial charge in [-0.05, 0) is 111 Å². The van der Waals surface area contributed by atoms with Crippen LogP contribution >= 0.6 is 11.6 Å². The van der Waals surface area contributed by atoms with Crippen molar-refractivity contribution in [3.63, 3.8) is 0 Å². The number of benzene rings is 2. The number of fused-ring (bicyclic) bond motifs is 5. The number of amides is 2. The fraction of sp³-hybridized carbons (Fsp3) is 0.595. The quantitative estimate of drug-likeness (QED) is 0.339. The lowest BCUT2D eigenvalue weighted by Crippen LogP contribution is -2.63. The van der Waals surface area contributed by atoms with Gasteiger partial charge in [0.2, 0.25) is 5.91 Å². The van der Waals surface area contributed by atoms with Crippen molar-refractivity contribution in [1.29, 1.82) is 0 Å². The molecule has 1 unspecified atom stereocenters. The second-order valence-corrected chi connectivity index (χ2v) is 19.7. The third kappa shape index (κ3) is 6.97. The van der Waals surface area contributed by atoms with Crippen LogP contribution in [0, 0.1) is 17.8 Å². The van der Waals surface area contributed by atoms with Gasteiger partial charge in [0.25, 0.3) is 5.91 Å². The highest BCUT2D eigenvalue weighted by Gasteiger charge is 2.50. The van der Waals surface area contributed by atoms with Crippen molar-refractivity contribution in [3.8, 4) is 5.75 Å². The van der Waals surface area contributed by atoms with Crippen LogP contribution in [0.3, 0.4) is 0 Å². The molecule has 4 aliphatic heterocycles. The number of piperazine rings is 1. The fourth-order valence-corrected chi connectivity index (χ4v) is 11.8. The van der Waals surface area contributed by atoms with E-state index in [-0.39, 0.29) is 47.0 Å². The maximum Gasteiger partial charge on any atom is 0.262 e. The minimum absolute atomic E-state index is 0.0134. The average molecular weight is 779 g/mol. The number of hydrogen-bond acceptors (Lipinski definition) is 8. The number of carbonyl (C=O) groups is 2. The van der Waals surface area contributed by atoms with Gasteiger partial charge in [-0.1, -0.05) is 36.7 Å². The Morgan fingerprint density at radius 3 is 2.76 bits per heavy atom. The predicted molar refractivity (Wildman–Crippen MR) is 214 cm³/mol. The molecule has 10 nitrogen and oxygen atoms in total. The fourth-order valence-electron chi connectivity index (χ4n) is 10.2. The SMILES string of the molecule is C=S1(=O)NC(=O)c2ccc3c(c2)N(C[C@@H]2CC[C@H]2[C@](CN2CCN4C(=O)COC[C@@H]4C2)(OC)/C=C/C[C@H](C)[C@H]1C)C[C@@]1(CCCc2cc(Cl)ccc21)CO3. The van der Waals surface area contributed by atoms with Crippen molar-refractivity contribution in [3.05, 3.63) is 70.3 Å². The van der Waals surface area contributed by atoms with Crippen molar-refractivity contribution in [2.24, 2.45) is 17.8 Å². The molecule has 292 valence electrons. The molecule has 2 amide bonds. The number of ether oxygens (including phenoxy) is 3. The summed E-state index contributed by atoms with van der Waals surface area (Å²) < 4.78 is 36.0. The number of nitrogens with zero attached hydrogens (tertiary/aromatic N) is 3. The lowest BCUT2D eigenvalue weighted by Gasteiger charge is -2.53. The van der Waals surface area contributed by atoms with Crippen LogP contribution in [0.1, 0.15) is 67.4 Å². The predicted octanol–water partition coefficient (Wildman–Crippen LogP) is 5.11. The number of nitrogens with one attached hydrogen (secondary N) is 1. The number of rotatable bonds is 3. The van der Waals surface area contributed by atoms with Gasteiger partial charge in [0.1, 0.15) is 18.0 Å². The first kappa shape index (κ1) is 37.8. The van der Waals surface area contributed by atoms with Crippen LogP contribution in [-0.4, -0.2) is 115 Å². The van der Waals surface area contributed by atoms with E-state index in [1.54, 1.807) is 6.07 Å². The molecule has 54 heavy (non-hydrogen) atoms. The zero-order valence-corrected chi connectivity index (χ0v) is 33.5. The van der Waals surface area contributed by atoms with Crippen LogP contribution in [-0.2, 0) is 35.8 Å². The van der Waals surface area contributed by atoms with Gasteiger partial charge in [0.05, 0.1) is 34.7 Å². The number of morpholine rings is 1. The van der Waals surface area contributed by atoms with Crippen molar-refractivity contribution in [2.45, 2.75) is 74.7 Å². The van der Waals surface area contributed by atoms with Crippen molar-refractivity contribution >= 4 is 44.7 Å². The Morgan fingerprint density at radius 1 is 1.11 bits per heavy atom. The summed E-state index contributed by atoms with van der Waals surface area (Å²) in [5, 5.41) is 0.380. The van der Waals surface area contributed by atoms with Gasteiger partial charge in [-0.2, -0.15) is 0 Å². The molecule has 1 N–H and O–H groups in total. The Hall–Kier alpha value is -3.09. The second-order valence-electron chi connectivity index (χ2n) is 16.9. The normalized spacial score (nSPS) is 36.5. The summed E-state index contributed by atoms with van der Waals surface area (Å²) in [5.41, 5.74) is 3.06. The number of carbonyl (C=O) groups excluding carboxylic acids is 2. The van der Waals surface area contributed by atoms with Gasteiger partial charge in [-0.25, -0.2) is 4.21 Å². The Balaban J connectivity index is 1.18. The minimum atomic E-state index is -2.99. The molecule has 2 aromatic rings. The van der Waals surface area contributed by atoms with Gasteiger partial charge in [0.15, 0.2) is 0 Å². The molecule has 1 spiro atoms. The maximum absolute atomic E-state index is 14.1. The van der Waals surface area contributed by atoms with E-state index in [0.29, 0.717) is 44.2 Å². The summed E-state index contributed by atoms with van der Waals surface area (Å²) in [5.74, 6) is 5.02. The summed E-state index contributed by atoms with van der Waals surface area (Å²) in [7, 11) is -1.15. The summed E-state index contributed by atoms with van der Waals surface area (Å²) in [6.45, 7) is 9.63. The molecule has 2 bridgehead atoms. The summed E-state index contributed by atoms with van der Waals surface area (Å²) in [4.78, 5) is 33.4. The zero-order valence-electron chi connectivity index (χ0n) is 31.9. The van der Waals surface area contributed by atoms with Gasteiger partial charge < -0.3 is 24.0 Å². The average Bonchev–Trinajstić information content (AvgIpc) is 3.29. The smallest absolute Gasteiger partial charge is 0.262 e. The standard InChI is InChI=1S/C42H55ClN4O6S/c1-28-7-5-16-42(51-3,26-45-17-18-47-34(22-45)23-52-24-39(47)48)36-12-9-32(36)21-46-25-41(15-6-8-30-19-33(43)11-13-35(30)41)27-53-38-14-10-31(20-37(38)46)40(49)44-54(4,50)29(28)2/h5,10-11,13-14,16,19-20,28-29,32,34,36H,4,6-9,12,15,17-18,21-27H2,1-3H3,(H,44,49,50)/b16-5+/t28-,29+,32-,34-,36+,41-,42-,54?/m0/s1. The Kier molecular flexibility index (Phi) is 10.3. The Bertz CT molecular complexity index is 1920. The van der Waals surface area contributed by atoms with E-state index in [1.807, 2.05) is 37.1 Å². The van der Waals surface area contributed by atoms with Crippen LogP contribution in [0.4, 0.5) is 5.69 Å². The summed E-state index contributed by atoms with van der Waals surface area (Å²) >= 11 is 6.52. The first-order chi connectivity index (χ1) is 25.9. The zero-order chi connectivity index (χ0) is 37.8. The first-order valence-corrected chi connectivity index (χ1v) is 21.9. The molecule has 4 heterocycles. The molecule has 8 atom stereocenters. The molecule has 2 aliphatic carbocycles. The topological polar surface area (TPSA) is 101 Å². The minimum Gasteiger partial charge on any atom is -0.490 e. The van der Waals surface area contributed by atoms with Crippen LogP contribution < -0.4 is 14.4 Å². The molecule has 0 aromatic heterocycles. The van der Waals surface area contributed by atoms with Crippen molar-refractivity contribution < 1.29 is 28.0 Å². The number of methoxy groups -OCH3 is 1. The van der Waals surface area contributed by atoms with Gasteiger partial charge in [-0.3, -0.25) is 19.2 Å². The molecule has 8 rings (SSSR count). The maximum atomic E-state index is 14.1. The van der Waals surface area contributed by atoms with Crippen LogP contribution in [0.25, 0.3) is 0 Å². The van der Waals surface area contributed by atoms with Gasteiger partial charge in [0, 0.05) is 67.6 Å². The van der Waals surface area contributed by atoms with E-state index in [4.69, 9.17) is 25.8 Å². The molecule has 6 aliphatic rings. The molecular weight excluding hydrogens is 724 g/mol. The molecule has 0 radical (unpaired) electrons. The highest BCUT2D eigenvalue weighted by Crippen LogP contribution is 2.49. The molecule has 1 saturated carbocycles. The molecule has 12 heteroatoms. The van der Waals surface area contributed by atoms with Crippen LogP contribution in [0.5, 0.6) is 5.75 Å². The van der Waals surface area contributed by atoms with Crippen LogP contribution in [0.2, 0.25) is 5.02 Å². The lowest BCUT2D eigenvalue weighted by atomic mass is 9.63. The monoisotopic (exact) mass is 778 g/mol. The lowest BCUT2D eigenvalue weighted by molar-refractivity contribution is -0.155. The van der Waals surface area contributed by atoms with Crippen molar-refractivity contribution in [1.82, 2.24) is 14.5 Å². The third-order valence-electron chi connectivity index (χ3n) is 13.6. The third-order valence-corrected chi connectivity index (χ3v) is 16.1. The van der Waals surface area contributed by atoms with E-state index in [1.165, 1.54) is 11.1 Å². The highest BCUT2D eigenvalue weighted by atomic mass is 35.5. The number of halogens is 1. The van der Waals surface area contributed by atoms with E-state index in [0.717, 1.165) is 74.7 Å². The van der Waals surface area contributed by atoms with Gasteiger partial charge in [-0.15, -0.1) is 0 Å². The largest absolute Gasteiger partial charge is 0.490 e. The van der Waals surface area contributed by atoms with E-state index in [2.05, 4.69) is 51.6 Å². The molecule has 2 saturated heterocycles. The van der Waals surface area contributed by atoms with E-state index in [9.17, 15) is 13.8 Å². The summed E-state index contributed by atoms with van der Waals surface area (Å²) in [6.07, 6.45) is 10.2. The molecule has 3 fully saturated rings. The van der Waals surface area contributed by atoms with E-state index >= 15 is 0 Å². The molecule has 2 aromatic carbocycles. The van der Waals surface area contributed by atoms with E-state index < -0.39 is 15.3 Å². The number of anilines is 1. The van der Waals surface area contributed by atoms with Crippen molar-refractivity contribution in [2.75, 3.05) is 71.1 Å². The number of hydrogen-bond donors (Lipinski definition) is 1. The highest BCUT2D eigenvalue weighted by molar-refractivity contribution is 7.99. The Morgan fingerprint density at radius 2 is 1.96 bits per heavy atom. The van der Waals surface area contributed by atoms with Gasteiger partial charge >= 0.3 is 0 Å². The number of allylic oxidation sites excluding steroid dienone is 1. The summed E-state index contributed by atoms with van der Waals surface area (Å²) in [6, 6.07) is 11.9.